The minimum Gasteiger partial charge on any atom is -0.492 e. The molecule has 0 spiro atoms. The third kappa shape index (κ3) is 3.94. The number of benzene rings is 1. The molecule has 0 N–H and O–H groups in total. The average molecular weight is 360 g/mol. The molecule has 0 bridgehead atoms. The highest BCUT2D eigenvalue weighted by molar-refractivity contribution is 9.10. The molecule has 0 amide bonds. The second-order valence-electron chi connectivity index (χ2n) is 3.92. The van der Waals surface area contributed by atoms with Crippen molar-refractivity contribution in [3.05, 3.63) is 48.0 Å². The second-order valence-corrected chi connectivity index (χ2v) is 6.75. The van der Waals surface area contributed by atoms with Gasteiger partial charge < -0.3 is 4.74 Å². The van der Waals surface area contributed by atoms with Gasteiger partial charge in [0, 0.05) is 17.6 Å². The van der Waals surface area contributed by atoms with Gasteiger partial charge in [0.2, 0.25) is 10.0 Å². The van der Waals surface area contributed by atoms with E-state index in [1.54, 1.807) is 30.4 Å². The molecule has 0 saturated heterocycles. The number of rotatable bonds is 8. The molecule has 0 unspecified atom stereocenters. The molecule has 0 aliphatic heterocycles. The van der Waals surface area contributed by atoms with E-state index in [4.69, 9.17) is 4.74 Å². The van der Waals surface area contributed by atoms with Crippen molar-refractivity contribution in [2.75, 3.05) is 19.7 Å². The molecule has 1 rings (SSSR count). The number of halogens is 1. The Kier molecular flexibility index (Phi) is 6.45. The minimum atomic E-state index is -3.66. The van der Waals surface area contributed by atoms with Crippen LogP contribution >= 0.6 is 15.9 Å². The van der Waals surface area contributed by atoms with Crippen LogP contribution in [-0.2, 0) is 10.0 Å². The maximum Gasteiger partial charge on any atom is 0.247 e. The van der Waals surface area contributed by atoms with Gasteiger partial charge >= 0.3 is 0 Å². The van der Waals surface area contributed by atoms with Crippen molar-refractivity contribution in [3.8, 4) is 5.75 Å². The standard InChI is InChI=1S/C14H18BrNO3S/c1-4-9-16(10-5-2)20(17,18)14-11-12(15)7-8-13(14)19-6-3/h4-5,7-8,11H,1-2,6,9-10H2,3H3. The highest BCUT2D eigenvalue weighted by Crippen LogP contribution is 2.30. The first-order valence-electron chi connectivity index (χ1n) is 6.11. The largest absolute Gasteiger partial charge is 0.492 e. The molecule has 0 aliphatic carbocycles. The minimum absolute atomic E-state index is 0.137. The molecule has 0 aliphatic rings. The lowest BCUT2D eigenvalue weighted by molar-refractivity contribution is 0.329. The maximum atomic E-state index is 12.7. The molecule has 0 heterocycles. The van der Waals surface area contributed by atoms with E-state index in [-0.39, 0.29) is 18.0 Å². The van der Waals surface area contributed by atoms with E-state index in [1.165, 1.54) is 4.31 Å². The van der Waals surface area contributed by atoms with E-state index < -0.39 is 10.0 Å². The fraction of sp³-hybridized carbons (Fsp3) is 0.286. The van der Waals surface area contributed by atoms with Gasteiger partial charge in [0.15, 0.2) is 0 Å². The van der Waals surface area contributed by atoms with Crippen LogP contribution in [0.4, 0.5) is 0 Å². The molecule has 0 atom stereocenters. The third-order valence-electron chi connectivity index (χ3n) is 2.49. The molecule has 1 aromatic rings. The maximum absolute atomic E-state index is 12.7. The zero-order valence-corrected chi connectivity index (χ0v) is 13.8. The van der Waals surface area contributed by atoms with Crippen LogP contribution in [0.25, 0.3) is 0 Å². The molecule has 0 saturated carbocycles. The Morgan fingerprint density at radius 3 is 2.40 bits per heavy atom. The van der Waals surface area contributed by atoms with Crippen molar-refractivity contribution in [2.24, 2.45) is 0 Å². The normalized spacial score (nSPS) is 11.3. The molecule has 0 fully saturated rings. The molecule has 1 aromatic carbocycles. The Balaban J connectivity index is 3.34. The third-order valence-corrected chi connectivity index (χ3v) is 4.83. The predicted octanol–water partition coefficient (Wildman–Crippen LogP) is 3.21. The molecule has 4 nitrogen and oxygen atoms in total. The van der Waals surface area contributed by atoms with Gasteiger partial charge in [0.1, 0.15) is 10.6 Å². The highest BCUT2D eigenvalue weighted by Gasteiger charge is 2.26. The lowest BCUT2D eigenvalue weighted by Gasteiger charge is -2.21. The number of ether oxygens (including phenoxy) is 1. The molecule has 0 aromatic heterocycles. The monoisotopic (exact) mass is 359 g/mol. The van der Waals surface area contributed by atoms with Crippen LogP contribution in [0.15, 0.2) is 52.9 Å². The quantitative estimate of drug-likeness (QED) is 0.669. The predicted molar refractivity (Wildman–Crippen MR) is 84.5 cm³/mol. The van der Waals surface area contributed by atoms with Crippen LogP contribution in [0, 0.1) is 0 Å². The molecular weight excluding hydrogens is 342 g/mol. The summed E-state index contributed by atoms with van der Waals surface area (Å²) in [6.07, 6.45) is 3.08. The topological polar surface area (TPSA) is 46.6 Å². The zero-order chi connectivity index (χ0) is 15.2. The van der Waals surface area contributed by atoms with E-state index in [0.29, 0.717) is 16.8 Å². The summed E-state index contributed by atoms with van der Waals surface area (Å²) < 4.78 is 32.8. The van der Waals surface area contributed by atoms with Gasteiger partial charge in [-0.2, -0.15) is 4.31 Å². The smallest absolute Gasteiger partial charge is 0.247 e. The first-order chi connectivity index (χ1) is 9.47. The molecule has 0 radical (unpaired) electrons. The lowest BCUT2D eigenvalue weighted by Crippen LogP contribution is -2.31. The van der Waals surface area contributed by atoms with Gasteiger partial charge in [-0.25, -0.2) is 8.42 Å². The first kappa shape index (κ1) is 16.9. The van der Waals surface area contributed by atoms with E-state index in [0.717, 1.165) is 0 Å². The number of hydrogen-bond acceptors (Lipinski definition) is 3. The Morgan fingerprint density at radius 2 is 1.90 bits per heavy atom. The van der Waals surface area contributed by atoms with E-state index >= 15 is 0 Å². The Bertz CT molecular complexity index is 574. The zero-order valence-electron chi connectivity index (χ0n) is 11.4. The average Bonchev–Trinajstić information content (AvgIpc) is 2.40. The lowest BCUT2D eigenvalue weighted by atomic mass is 10.3. The van der Waals surface area contributed by atoms with Crippen LogP contribution in [0.3, 0.4) is 0 Å². The summed E-state index contributed by atoms with van der Waals surface area (Å²) in [5.74, 6) is 0.342. The van der Waals surface area contributed by atoms with Crippen LogP contribution in [0.5, 0.6) is 5.75 Å². The van der Waals surface area contributed by atoms with Crippen LogP contribution < -0.4 is 4.74 Å². The van der Waals surface area contributed by atoms with Crippen LogP contribution in [-0.4, -0.2) is 32.4 Å². The van der Waals surface area contributed by atoms with Crippen molar-refractivity contribution in [2.45, 2.75) is 11.8 Å². The van der Waals surface area contributed by atoms with Crippen molar-refractivity contribution >= 4 is 26.0 Å². The van der Waals surface area contributed by atoms with E-state index in [1.807, 2.05) is 6.92 Å². The summed E-state index contributed by atoms with van der Waals surface area (Å²) in [6.45, 7) is 9.81. The highest BCUT2D eigenvalue weighted by atomic mass is 79.9. The van der Waals surface area contributed by atoms with Gasteiger partial charge in [-0.1, -0.05) is 28.1 Å². The van der Waals surface area contributed by atoms with E-state index in [9.17, 15) is 8.42 Å². The SMILES string of the molecule is C=CCN(CC=C)S(=O)(=O)c1cc(Br)ccc1OCC. The molecular formula is C14H18BrNO3S. The Labute approximate surface area is 128 Å². The summed E-state index contributed by atoms with van der Waals surface area (Å²) >= 11 is 3.29. The van der Waals surface area contributed by atoms with E-state index in [2.05, 4.69) is 29.1 Å². The molecule has 6 heteroatoms. The number of sulfonamides is 1. The summed E-state index contributed by atoms with van der Waals surface area (Å²) in [4.78, 5) is 0.137. The molecule has 110 valence electrons. The van der Waals surface area contributed by atoms with Crippen molar-refractivity contribution in [3.63, 3.8) is 0 Å². The molecule has 20 heavy (non-hydrogen) atoms. The second kappa shape index (κ2) is 7.61. The summed E-state index contributed by atoms with van der Waals surface area (Å²) in [6, 6.07) is 4.93. The van der Waals surface area contributed by atoms with Crippen molar-refractivity contribution in [1.29, 1.82) is 0 Å². The van der Waals surface area contributed by atoms with Crippen LogP contribution in [0.2, 0.25) is 0 Å². The van der Waals surface area contributed by atoms with Gasteiger partial charge in [0.25, 0.3) is 0 Å². The van der Waals surface area contributed by atoms with Gasteiger partial charge in [-0.05, 0) is 25.1 Å². The van der Waals surface area contributed by atoms with Crippen molar-refractivity contribution < 1.29 is 13.2 Å². The van der Waals surface area contributed by atoms with Crippen LogP contribution in [0.1, 0.15) is 6.92 Å². The number of hydrogen-bond donors (Lipinski definition) is 0. The summed E-state index contributed by atoms with van der Waals surface area (Å²) in [5, 5.41) is 0. The number of nitrogens with zero attached hydrogens (tertiary/aromatic N) is 1. The summed E-state index contributed by atoms with van der Waals surface area (Å²) in [7, 11) is -3.66. The Morgan fingerprint density at radius 1 is 1.30 bits per heavy atom. The van der Waals surface area contributed by atoms with Gasteiger partial charge in [0.05, 0.1) is 6.61 Å². The van der Waals surface area contributed by atoms with Crippen molar-refractivity contribution in [1.82, 2.24) is 4.31 Å². The fourth-order valence-corrected chi connectivity index (χ4v) is 3.71. The van der Waals surface area contributed by atoms with Gasteiger partial charge in [-0.3, -0.25) is 0 Å². The van der Waals surface area contributed by atoms with Gasteiger partial charge in [-0.15, -0.1) is 13.2 Å². The Hall–Kier alpha value is -1.11. The first-order valence-corrected chi connectivity index (χ1v) is 8.35. The fourth-order valence-electron chi connectivity index (χ4n) is 1.66. The summed E-state index contributed by atoms with van der Waals surface area (Å²) in [5.41, 5.74) is 0.